The third-order valence-corrected chi connectivity index (χ3v) is 3.48. The van der Waals surface area contributed by atoms with Gasteiger partial charge in [0.1, 0.15) is 0 Å². The monoisotopic (exact) mass is 378 g/mol. The molecule has 6 nitrogen and oxygen atoms in total. The molecular formula is C17H32FN2O4P. The molecule has 0 aromatic heterocycles. The Labute approximate surface area is 151 Å². The maximum Gasteiger partial charge on any atom is 0.361 e. The molecule has 3 N–H and O–H groups in total. The van der Waals surface area contributed by atoms with Crippen molar-refractivity contribution in [1.29, 1.82) is 0 Å². The van der Waals surface area contributed by atoms with E-state index in [0.717, 1.165) is 11.3 Å². The molecule has 0 aliphatic heterocycles. The highest BCUT2D eigenvalue weighted by Crippen LogP contribution is 2.42. The van der Waals surface area contributed by atoms with Gasteiger partial charge in [0, 0.05) is 13.7 Å². The highest BCUT2D eigenvalue weighted by molar-refractivity contribution is 7.52. The van der Waals surface area contributed by atoms with Gasteiger partial charge in [-0.15, -0.1) is 4.73 Å². The Morgan fingerprint density at radius 3 is 2.00 bits per heavy atom. The van der Waals surface area contributed by atoms with Crippen molar-refractivity contribution in [2.45, 2.75) is 27.2 Å². The van der Waals surface area contributed by atoms with Crippen molar-refractivity contribution in [1.82, 2.24) is 0 Å². The van der Waals surface area contributed by atoms with E-state index in [2.05, 4.69) is 26.9 Å². The first-order valence-corrected chi connectivity index (χ1v) is 9.46. The van der Waals surface area contributed by atoms with Crippen molar-refractivity contribution in [3.63, 3.8) is 0 Å². The van der Waals surface area contributed by atoms with E-state index in [4.69, 9.17) is 4.89 Å². The number of rotatable bonds is 9. The highest BCUT2D eigenvalue weighted by atomic mass is 31.2. The number of nitrogens with zero attached hydrogens (tertiary/aromatic N) is 1. The largest absolute Gasteiger partial charge is 0.385 e. The highest BCUT2D eigenvalue weighted by Gasteiger charge is 2.18. The third-order valence-electron chi connectivity index (χ3n) is 2.38. The van der Waals surface area contributed by atoms with Crippen LogP contribution >= 0.6 is 7.60 Å². The van der Waals surface area contributed by atoms with Crippen molar-refractivity contribution in [2.24, 2.45) is 10.7 Å². The molecule has 146 valence electrons. The van der Waals surface area contributed by atoms with Gasteiger partial charge in [-0.05, 0) is 57.1 Å². The van der Waals surface area contributed by atoms with Gasteiger partial charge in [-0.25, -0.2) is 0 Å². The summed E-state index contributed by atoms with van der Waals surface area (Å²) in [5.41, 5.74) is 6.48. The van der Waals surface area contributed by atoms with Crippen LogP contribution in [0.1, 0.15) is 27.2 Å². The predicted octanol–water partition coefficient (Wildman–Crippen LogP) is 4.35. The minimum Gasteiger partial charge on any atom is -0.385 e. The van der Waals surface area contributed by atoms with E-state index < -0.39 is 7.60 Å². The second-order valence-corrected chi connectivity index (χ2v) is 6.14. The molecule has 0 rings (SSSR count). The molecule has 0 saturated carbocycles. The maximum absolute atomic E-state index is 11.1. The van der Waals surface area contributed by atoms with Gasteiger partial charge in [-0.3, -0.25) is 9.56 Å². The van der Waals surface area contributed by atoms with Gasteiger partial charge in [0.05, 0.1) is 11.9 Å². The van der Waals surface area contributed by atoms with E-state index in [1.807, 2.05) is 57.2 Å². The van der Waals surface area contributed by atoms with Gasteiger partial charge in [0.25, 0.3) is 0 Å². The Morgan fingerprint density at radius 1 is 1.20 bits per heavy atom. The van der Waals surface area contributed by atoms with Gasteiger partial charge >= 0.3 is 7.60 Å². The number of halogens is 1. The van der Waals surface area contributed by atoms with Crippen molar-refractivity contribution in [3.8, 4) is 0 Å². The summed E-state index contributed by atoms with van der Waals surface area (Å²) in [6.45, 7) is 9.80. The lowest BCUT2D eigenvalue weighted by Crippen LogP contribution is -1.95. The Kier molecular flexibility index (Phi) is 23.5. The van der Waals surface area contributed by atoms with Crippen LogP contribution < -0.4 is 5.73 Å². The Hall–Kier alpha value is -1.37. The topological polar surface area (TPSA) is 94.1 Å². The summed E-state index contributed by atoms with van der Waals surface area (Å²) in [6, 6.07) is 0. The van der Waals surface area contributed by atoms with Crippen LogP contribution in [0.15, 0.2) is 52.7 Å². The van der Waals surface area contributed by atoms with Crippen LogP contribution in [0.4, 0.5) is 4.53 Å². The lowest BCUT2D eigenvalue weighted by atomic mass is 10.1. The SMILES string of the molecule is C=NC(/C=C\C)=C(/C=C\C)/C=C\C.CN.COCCCP(=O)(O)OF. The van der Waals surface area contributed by atoms with Gasteiger partial charge in [0.15, 0.2) is 0 Å². The summed E-state index contributed by atoms with van der Waals surface area (Å²) >= 11 is 0. The molecule has 0 aliphatic rings. The average molecular weight is 378 g/mol. The van der Waals surface area contributed by atoms with Crippen LogP contribution in [0.3, 0.4) is 0 Å². The quantitative estimate of drug-likeness (QED) is 0.269. The number of aliphatic imine (C=N–C) groups is 1. The summed E-state index contributed by atoms with van der Waals surface area (Å²) in [7, 11) is -0.993. The molecule has 0 amide bonds. The summed E-state index contributed by atoms with van der Waals surface area (Å²) in [4.78, 5) is 12.4. The number of methoxy groups -OCH3 is 1. The summed E-state index contributed by atoms with van der Waals surface area (Å²) in [5.74, 6) is 0. The molecule has 0 spiro atoms. The van der Waals surface area contributed by atoms with Crippen molar-refractivity contribution in [2.75, 3.05) is 26.9 Å². The number of ether oxygens (including phenoxy) is 1. The standard InChI is InChI=1S/C12H17N.C4H10FO4P.CH5N/c1-5-8-11(9-6-2)12(13-4)10-7-3;1-8-3-2-4-10(6,7)9-5;1-2/h5-10H,4H2,1-3H3;2-4H2,1H3,(H,6,7);2H2,1H3/b8-5-,9-6-,10-7-;;. The number of nitrogens with two attached hydrogens (primary N) is 1. The van der Waals surface area contributed by atoms with E-state index in [0.29, 0.717) is 13.0 Å². The molecule has 25 heavy (non-hydrogen) atoms. The first-order valence-electron chi connectivity index (χ1n) is 7.70. The number of allylic oxidation sites excluding steroid dienone is 7. The Morgan fingerprint density at radius 2 is 1.68 bits per heavy atom. The molecule has 0 aromatic rings. The zero-order valence-electron chi connectivity index (χ0n) is 15.8. The first-order chi connectivity index (χ1) is 11.9. The van der Waals surface area contributed by atoms with Crippen LogP contribution in [0.5, 0.6) is 0 Å². The fraction of sp³-hybridized carbons (Fsp3) is 0.471. The second-order valence-electron chi connectivity index (χ2n) is 4.28. The zero-order chi connectivity index (χ0) is 20.1. The fourth-order valence-electron chi connectivity index (χ4n) is 1.43. The van der Waals surface area contributed by atoms with Gasteiger partial charge in [-0.2, -0.15) is 0 Å². The molecule has 1 atom stereocenters. The molecule has 0 heterocycles. The second kappa shape index (κ2) is 20.7. The van der Waals surface area contributed by atoms with Crippen LogP contribution in [-0.2, 0) is 14.0 Å². The summed E-state index contributed by atoms with van der Waals surface area (Å²) in [5, 5.41) is 0. The maximum atomic E-state index is 11.1. The van der Waals surface area contributed by atoms with Crippen molar-refractivity contribution >= 4 is 14.3 Å². The zero-order valence-corrected chi connectivity index (χ0v) is 16.7. The molecule has 0 aromatic carbocycles. The van der Waals surface area contributed by atoms with Gasteiger partial charge < -0.3 is 15.4 Å². The molecular weight excluding hydrogens is 346 g/mol. The van der Waals surface area contributed by atoms with E-state index in [-0.39, 0.29) is 6.16 Å². The number of hydrogen-bond donors (Lipinski definition) is 2. The third kappa shape index (κ3) is 18.8. The minimum absolute atomic E-state index is 0.211. The normalized spacial score (nSPS) is 13.0. The van der Waals surface area contributed by atoms with Gasteiger partial charge in [0.2, 0.25) is 0 Å². The van der Waals surface area contributed by atoms with Crippen LogP contribution in [0, 0.1) is 0 Å². The molecule has 8 heteroatoms. The van der Waals surface area contributed by atoms with E-state index in [9.17, 15) is 9.09 Å². The molecule has 0 fully saturated rings. The molecule has 1 unspecified atom stereocenters. The van der Waals surface area contributed by atoms with Gasteiger partial charge in [-0.1, -0.05) is 30.4 Å². The predicted molar refractivity (Wildman–Crippen MR) is 105 cm³/mol. The van der Waals surface area contributed by atoms with E-state index in [1.54, 1.807) is 0 Å². The summed E-state index contributed by atoms with van der Waals surface area (Å²) in [6.07, 6.45) is 12.0. The van der Waals surface area contributed by atoms with Crippen LogP contribution in [-0.4, -0.2) is 38.5 Å². The van der Waals surface area contributed by atoms with Crippen LogP contribution in [0.25, 0.3) is 0 Å². The number of hydrogen-bond acceptors (Lipinski definition) is 5. The lowest BCUT2D eigenvalue weighted by Gasteiger charge is -2.02. The molecule has 0 aliphatic carbocycles. The average Bonchev–Trinajstić information content (AvgIpc) is 2.62. The van der Waals surface area contributed by atoms with Crippen LogP contribution in [0.2, 0.25) is 0 Å². The molecule has 0 bridgehead atoms. The van der Waals surface area contributed by atoms with Crippen molar-refractivity contribution in [3.05, 3.63) is 47.7 Å². The van der Waals surface area contributed by atoms with Crippen molar-refractivity contribution < 1.29 is 23.4 Å². The molecule has 0 saturated heterocycles. The fourth-order valence-corrected chi connectivity index (χ4v) is 2.02. The van der Waals surface area contributed by atoms with E-state index >= 15 is 0 Å². The minimum atomic E-state index is -3.95. The summed E-state index contributed by atoms with van der Waals surface area (Å²) < 4.78 is 28.9. The van der Waals surface area contributed by atoms with E-state index in [1.165, 1.54) is 14.2 Å². The smallest absolute Gasteiger partial charge is 0.361 e. The Bertz CT molecular complexity index is 475. The molecule has 0 radical (unpaired) electrons. The lowest BCUT2D eigenvalue weighted by molar-refractivity contribution is -0.0192. The first kappa shape index (κ1) is 28.4. The Balaban J connectivity index is -0.000000362.